The van der Waals surface area contributed by atoms with Crippen LogP contribution in [0.2, 0.25) is 0 Å². The number of aliphatic carboxylic acids is 1. The van der Waals surface area contributed by atoms with Gasteiger partial charge in [-0.05, 0) is 26.0 Å². The topological polar surface area (TPSA) is 106 Å². The fourth-order valence-corrected chi connectivity index (χ4v) is 3.35. The Bertz CT molecular complexity index is 731. The number of hydrogen-bond acceptors (Lipinski definition) is 4. The van der Waals surface area contributed by atoms with Gasteiger partial charge in [0.05, 0.1) is 11.4 Å². The van der Waals surface area contributed by atoms with E-state index in [2.05, 4.69) is 9.93 Å². The second-order valence-corrected chi connectivity index (χ2v) is 5.83. The fraction of sp³-hybridized carbons (Fsp3) is 0.273. The molecule has 0 bridgehead atoms. The van der Waals surface area contributed by atoms with Gasteiger partial charge in [-0.15, -0.1) is 0 Å². The van der Waals surface area contributed by atoms with E-state index < -0.39 is 16.0 Å². The summed E-state index contributed by atoms with van der Waals surface area (Å²) in [5.41, 5.74) is 0.535. The molecule has 0 aliphatic heterocycles. The van der Waals surface area contributed by atoms with Gasteiger partial charge in [0.15, 0.2) is 0 Å². The largest absolute Gasteiger partial charge is 0.480 e. The Hall–Kier alpha value is -2.29. The van der Waals surface area contributed by atoms with Gasteiger partial charge >= 0.3 is 5.97 Å². The molecule has 2 aromatic rings. The summed E-state index contributed by atoms with van der Waals surface area (Å²) in [6.45, 7) is 2.66. The second-order valence-electron chi connectivity index (χ2n) is 4.24. The Kier molecular flexibility index (Phi) is 3.53. The first-order chi connectivity index (χ1) is 9.31. The minimum absolute atomic E-state index is 0.00699. The first-order valence-corrected chi connectivity index (χ1v) is 7.21. The van der Waals surface area contributed by atoms with Crippen LogP contribution < -0.4 is 4.83 Å². The number of rotatable bonds is 5. The predicted octanol–water partition coefficient (Wildman–Crippen LogP) is 0.318. The number of aromatic nitrogens is 3. The second kappa shape index (κ2) is 5.00. The molecule has 0 aliphatic rings. The van der Waals surface area contributed by atoms with E-state index in [1.807, 2.05) is 0 Å². The number of nitrogens with one attached hydrogen (secondary N) is 1. The normalized spacial score (nSPS) is 11.5. The number of carboxylic acids is 1. The van der Waals surface area contributed by atoms with Crippen molar-refractivity contribution >= 4 is 16.0 Å². The van der Waals surface area contributed by atoms with Crippen LogP contribution in [-0.2, 0) is 21.4 Å². The molecule has 0 spiro atoms. The van der Waals surface area contributed by atoms with Crippen molar-refractivity contribution < 1.29 is 18.3 Å². The van der Waals surface area contributed by atoms with Crippen LogP contribution in [0.3, 0.4) is 0 Å². The third-order valence-electron chi connectivity index (χ3n) is 2.70. The Morgan fingerprint density at radius 3 is 2.50 bits per heavy atom. The average molecular weight is 298 g/mol. The van der Waals surface area contributed by atoms with E-state index in [1.165, 1.54) is 18.5 Å². The number of aryl methyl sites for hydroxylation is 1. The van der Waals surface area contributed by atoms with E-state index in [-0.39, 0.29) is 22.8 Å². The quantitative estimate of drug-likeness (QED) is 0.826. The van der Waals surface area contributed by atoms with Crippen LogP contribution >= 0.6 is 0 Å². The van der Waals surface area contributed by atoms with Gasteiger partial charge < -0.3 is 5.11 Å². The SMILES string of the molecule is Cc1nn(CC(=O)O)c(C)c1S(=O)(=O)Nn1cccc1. The Balaban J connectivity index is 2.41. The van der Waals surface area contributed by atoms with Crippen LogP contribution in [-0.4, -0.2) is 34.0 Å². The standard InChI is InChI=1S/C11H14N4O4S/c1-8-11(9(2)15(12-8)7-10(16)17)20(18,19)13-14-5-3-4-6-14/h3-6,13H,7H2,1-2H3,(H,16,17). The molecule has 0 aromatic carbocycles. The molecule has 8 nitrogen and oxygen atoms in total. The van der Waals surface area contributed by atoms with Gasteiger partial charge in [0.25, 0.3) is 10.0 Å². The average Bonchev–Trinajstić information content (AvgIpc) is 2.87. The Morgan fingerprint density at radius 2 is 1.95 bits per heavy atom. The lowest BCUT2D eigenvalue weighted by Gasteiger charge is -2.09. The van der Waals surface area contributed by atoms with Crippen molar-refractivity contribution in [2.75, 3.05) is 4.83 Å². The van der Waals surface area contributed by atoms with E-state index in [9.17, 15) is 13.2 Å². The molecule has 20 heavy (non-hydrogen) atoms. The number of carboxylic acid groups (broad SMARTS) is 1. The van der Waals surface area contributed by atoms with Gasteiger partial charge in [-0.1, -0.05) is 0 Å². The summed E-state index contributed by atoms with van der Waals surface area (Å²) < 4.78 is 27.1. The summed E-state index contributed by atoms with van der Waals surface area (Å²) in [5, 5.41) is 12.7. The van der Waals surface area contributed by atoms with Crippen molar-refractivity contribution in [2.45, 2.75) is 25.3 Å². The third kappa shape index (κ3) is 2.67. The maximum atomic E-state index is 12.3. The molecule has 108 valence electrons. The molecule has 2 N–H and O–H groups in total. The van der Waals surface area contributed by atoms with Gasteiger partial charge in [-0.25, -0.2) is 4.83 Å². The number of carbonyl (C=O) groups is 1. The molecule has 2 heterocycles. The summed E-state index contributed by atoms with van der Waals surface area (Å²) >= 11 is 0. The van der Waals surface area contributed by atoms with Crippen LogP contribution in [0.4, 0.5) is 0 Å². The maximum absolute atomic E-state index is 12.3. The molecule has 2 aromatic heterocycles. The number of hydrogen-bond donors (Lipinski definition) is 2. The molecule has 0 saturated carbocycles. The molecular weight excluding hydrogens is 284 g/mol. The van der Waals surface area contributed by atoms with Crippen molar-refractivity contribution in [3.8, 4) is 0 Å². The Labute approximate surface area is 115 Å². The van der Waals surface area contributed by atoms with Crippen molar-refractivity contribution in [1.29, 1.82) is 0 Å². The summed E-state index contributed by atoms with van der Waals surface area (Å²) in [4.78, 5) is 13.1. The van der Waals surface area contributed by atoms with Gasteiger partial charge in [-0.3, -0.25) is 14.2 Å². The van der Waals surface area contributed by atoms with Crippen molar-refractivity contribution in [2.24, 2.45) is 0 Å². The smallest absolute Gasteiger partial charge is 0.325 e. The first-order valence-electron chi connectivity index (χ1n) is 5.73. The zero-order valence-corrected chi connectivity index (χ0v) is 11.8. The molecule has 0 fully saturated rings. The minimum Gasteiger partial charge on any atom is -0.480 e. The van der Waals surface area contributed by atoms with E-state index in [0.29, 0.717) is 0 Å². The Morgan fingerprint density at radius 1 is 1.35 bits per heavy atom. The van der Waals surface area contributed by atoms with Crippen molar-refractivity contribution in [3.05, 3.63) is 35.9 Å². The summed E-state index contributed by atoms with van der Waals surface area (Å²) in [7, 11) is -3.82. The first kappa shape index (κ1) is 14.1. The van der Waals surface area contributed by atoms with Crippen LogP contribution in [0.5, 0.6) is 0 Å². The van der Waals surface area contributed by atoms with E-state index in [0.717, 1.165) is 4.68 Å². The van der Waals surface area contributed by atoms with E-state index in [4.69, 9.17) is 5.11 Å². The molecule has 0 amide bonds. The monoisotopic (exact) mass is 298 g/mol. The molecule has 2 rings (SSSR count). The summed E-state index contributed by atoms with van der Waals surface area (Å²) in [5.74, 6) is -1.09. The van der Waals surface area contributed by atoms with Crippen LogP contribution in [0.15, 0.2) is 29.4 Å². The third-order valence-corrected chi connectivity index (χ3v) is 4.28. The minimum atomic E-state index is -3.82. The highest BCUT2D eigenvalue weighted by atomic mass is 32.2. The highest BCUT2D eigenvalue weighted by molar-refractivity contribution is 7.92. The summed E-state index contributed by atoms with van der Waals surface area (Å²) in [6, 6.07) is 3.35. The predicted molar refractivity (Wildman–Crippen MR) is 70.3 cm³/mol. The molecule has 9 heteroatoms. The highest BCUT2D eigenvalue weighted by Crippen LogP contribution is 2.19. The van der Waals surface area contributed by atoms with Gasteiger partial charge in [0.1, 0.15) is 11.4 Å². The van der Waals surface area contributed by atoms with Gasteiger partial charge in [0, 0.05) is 12.4 Å². The van der Waals surface area contributed by atoms with Crippen molar-refractivity contribution in [3.63, 3.8) is 0 Å². The zero-order valence-electron chi connectivity index (χ0n) is 10.9. The molecule has 0 aliphatic carbocycles. The van der Waals surface area contributed by atoms with Gasteiger partial charge in [0.2, 0.25) is 0 Å². The fourth-order valence-electron chi connectivity index (χ4n) is 1.93. The molecule has 0 radical (unpaired) electrons. The zero-order chi connectivity index (χ0) is 14.9. The van der Waals surface area contributed by atoms with E-state index >= 15 is 0 Å². The number of sulfonamides is 1. The van der Waals surface area contributed by atoms with Crippen LogP contribution in [0, 0.1) is 13.8 Å². The molecular formula is C11H14N4O4S. The molecule has 0 atom stereocenters. The van der Waals surface area contributed by atoms with E-state index in [1.54, 1.807) is 24.5 Å². The lowest BCUT2D eigenvalue weighted by Crippen LogP contribution is -2.23. The lowest BCUT2D eigenvalue weighted by molar-refractivity contribution is -0.137. The summed E-state index contributed by atoms with van der Waals surface area (Å²) in [6.07, 6.45) is 3.09. The maximum Gasteiger partial charge on any atom is 0.325 e. The van der Waals surface area contributed by atoms with Crippen molar-refractivity contribution in [1.82, 2.24) is 14.5 Å². The van der Waals surface area contributed by atoms with Crippen LogP contribution in [0.1, 0.15) is 11.4 Å². The highest BCUT2D eigenvalue weighted by Gasteiger charge is 2.25. The molecule has 0 unspecified atom stereocenters. The molecule has 0 saturated heterocycles. The van der Waals surface area contributed by atoms with Gasteiger partial charge in [-0.2, -0.15) is 13.5 Å². The number of nitrogens with zero attached hydrogens (tertiary/aromatic N) is 3. The van der Waals surface area contributed by atoms with Crippen LogP contribution in [0.25, 0.3) is 0 Å². The lowest BCUT2D eigenvalue weighted by atomic mass is 10.4.